The summed E-state index contributed by atoms with van der Waals surface area (Å²) in [7, 11) is 0. The molecule has 7 aromatic rings. The fourth-order valence-electron chi connectivity index (χ4n) is 5.24. The Kier molecular flexibility index (Phi) is 5.04. The van der Waals surface area contributed by atoms with E-state index < -0.39 is 0 Å². The van der Waals surface area contributed by atoms with E-state index in [1.165, 1.54) is 11.1 Å². The molecule has 180 valence electrons. The Bertz CT molecular complexity index is 1970. The van der Waals surface area contributed by atoms with Gasteiger partial charge in [0.25, 0.3) is 0 Å². The van der Waals surface area contributed by atoms with Crippen molar-refractivity contribution in [2.24, 2.45) is 0 Å². The van der Waals surface area contributed by atoms with E-state index in [4.69, 9.17) is 11.5 Å². The molecule has 6 aromatic carbocycles. The van der Waals surface area contributed by atoms with E-state index >= 15 is 0 Å². The van der Waals surface area contributed by atoms with Crippen molar-refractivity contribution in [3.63, 3.8) is 0 Å². The molecule has 38 heavy (non-hydrogen) atoms. The van der Waals surface area contributed by atoms with E-state index in [1.54, 1.807) is 0 Å². The lowest BCUT2D eigenvalue weighted by atomic mass is 9.92. The van der Waals surface area contributed by atoms with Gasteiger partial charge in [0.15, 0.2) is 0 Å². The van der Waals surface area contributed by atoms with Gasteiger partial charge in [-0.3, -0.25) is 0 Å². The first-order valence-electron chi connectivity index (χ1n) is 13.2. The Hall–Kier alpha value is -5.08. The van der Waals surface area contributed by atoms with Gasteiger partial charge in [0.2, 0.25) is 0 Å². The third-order valence-corrected chi connectivity index (χ3v) is 7.16. The van der Waals surface area contributed by atoms with Crippen LogP contribution in [0.3, 0.4) is 0 Å². The lowest BCUT2D eigenvalue weighted by Crippen LogP contribution is -1.90. The van der Waals surface area contributed by atoms with Crippen LogP contribution in [0.2, 0.25) is 0 Å². The van der Waals surface area contributed by atoms with Gasteiger partial charge < -0.3 is 10.2 Å². The van der Waals surface area contributed by atoms with E-state index in [9.17, 15) is 0 Å². The molecular weight excluding hydrogens is 462 g/mol. The minimum atomic E-state index is 0.438. The SMILES string of the molecule is [2H]c1cc(-c2cccc3c2oc2ccccc23)ccc1-c1cc(N)ccc1-c1ccc(-c2ccccc2)cc1. The number of rotatable bonds is 4. The van der Waals surface area contributed by atoms with Crippen molar-refractivity contribution in [3.8, 4) is 44.5 Å². The normalized spacial score (nSPS) is 11.6. The minimum Gasteiger partial charge on any atom is -0.455 e. The predicted molar refractivity (Wildman–Crippen MR) is 160 cm³/mol. The molecule has 0 unspecified atom stereocenters. The molecule has 0 aliphatic rings. The van der Waals surface area contributed by atoms with Crippen LogP contribution in [0.1, 0.15) is 1.37 Å². The molecule has 0 fully saturated rings. The van der Waals surface area contributed by atoms with Crippen molar-refractivity contribution in [2.45, 2.75) is 0 Å². The van der Waals surface area contributed by atoms with Gasteiger partial charge in [-0.2, -0.15) is 0 Å². The summed E-state index contributed by atoms with van der Waals surface area (Å²) < 4.78 is 15.3. The average molecular weight is 489 g/mol. The average Bonchev–Trinajstić information content (AvgIpc) is 3.37. The summed E-state index contributed by atoms with van der Waals surface area (Å²) in [5, 5.41) is 2.18. The van der Waals surface area contributed by atoms with E-state index in [-0.39, 0.29) is 0 Å². The van der Waals surface area contributed by atoms with E-state index in [0.29, 0.717) is 11.7 Å². The van der Waals surface area contributed by atoms with Gasteiger partial charge in [-0.25, -0.2) is 0 Å². The van der Waals surface area contributed by atoms with Gasteiger partial charge in [0.05, 0.1) is 1.37 Å². The second-order valence-corrected chi connectivity index (χ2v) is 9.52. The summed E-state index contributed by atoms with van der Waals surface area (Å²) in [6, 6.07) is 45.6. The molecule has 0 saturated heterocycles. The molecule has 0 bridgehead atoms. The number of furan rings is 1. The second kappa shape index (κ2) is 9.10. The highest BCUT2D eigenvalue weighted by Crippen LogP contribution is 2.38. The standard InChI is InChI=1S/C36H25NO/c37-29-21-22-30(26-15-13-25(14-16-26)24-7-2-1-3-8-24)34(23-29)28-19-17-27(18-20-28)31-10-6-11-33-32-9-4-5-12-35(32)38-36(31)33/h1-23H,37H2/i19D. The highest BCUT2D eigenvalue weighted by Gasteiger charge is 2.13. The third kappa shape index (κ3) is 3.84. The number of hydrogen-bond acceptors (Lipinski definition) is 2. The van der Waals surface area contributed by atoms with Crippen LogP contribution in [0.5, 0.6) is 0 Å². The zero-order valence-corrected chi connectivity index (χ0v) is 20.7. The van der Waals surface area contributed by atoms with Crippen LogP contribution in [-0.2, 0) is 0 Å². The molecule has 1 aromatic heterocycles. The molecule has 0 aliphatic carbocycles. The molecule has 0 spiro atoms. The van der Waals surface area contributed by atoms with Gasteiger partial charge in [0, 0.05) is 22.0 Å². The Balaban J connectivity index is 1.31. The number of hydrogen-bond donors (Lipinski definition) is 1. The molecule has 0 radical (unpaired) electrons. The van der Waals surface area contributed by atoms with Gasteiger partial charge in [0.1, 0.15) is 11.2 Å². The van der Waals surface area contributed by atoms with Crippen LogP contribution in [0.25, 0.3) is 66.4 Å². The molecule has 2 nitrogen and oxygen atoms in total. The van der Waals surface area contributed by atoms with Crippen molar-refractivity contribution in [1.82, 2.24) is 0 Å². The van der Waals surface area contributed by atoms with Crippen LogP contribution < -0.4 is 5.73 Å². The maximum Gasteiger partial charge on any atom is 0.143 e. The Morgan fingerprint density at radius 3 is 1.95 bits per heavy atom. The van der Waals surface area contributed by atoms with Gasteiger partial charge in [-0.15, -0.1) is 0 Å². The first-order valence-corrected chi connectivity index (χ1v) is 12.7. The summed E-state index contributed by atoms with van der Waals surface area (Å²) in [4.78, 5) is 0. The Labute approximate surface area is 223 Å². The van der Waals surface area contributed by atoms with Crippen LogP contribution in [0, 0.1) is 0 Å². The van der Waals surface area contributed by atoms with Crippen molar-refractivity contribution < 1.29 is 5.79 Å². The number of benzene rings is 6. The highest BCUT2D eigenvalue weighted by molar-refractivity contribution is 6.09. The minimum absolute atomic E-state index is 0.438. The molecule has 2 N–H and O–H groups in total. The lowest BCUT2D eigenvalue weighted by Gasteiger charge is -2.13. The first-order chi connectivity index (χ1) is 19.2. The van der Waals surface area contributed by atoms with Crippen LogP contribution in [0.4, 0.5) is 5.69 Å². The van der Waals surface area contributed by atoms with E-state index in [2.05, 4.69) is 72.8 Å². The predicted octanol–water partition coefficient (Wildman–Crippen LogP) is 9.84. The number of para-hydroxylation sites is 2. The molecule has 0 atom stereocenters. The zero-order valence-electron chi connectivity index (χ0n) is 21.7. The van der Waals surface area contributed by atoms with Crippen LogP contribution in [-0.4, -0.2) is 0 Å². The number of fused-ring (bicyclic) bond motifs is 3. The summed E-state index contributed by atoms with van der Waals surface area (Å²) in [5.41, 5.74) is 16.8. The maximum absolute atomic E-state index is 9.02. The Morgan fingerprint density at radius 1 is 0.474 bits per heavy atom. The molecule has 2 heteroatoms. The molecule has 0 aliphatic heterocycles. The summed E-state index contributed by atoms with van der Waals surface area (Å²) in [5.74, 6) is 0. The number of nitrogens with two attached hydrogens (primary N) is 1. The van der Waals surface area contributed by atoms with Gasteiger partial charge in [-0.1, -0.05) is 121 Å². The van der Waals surface area contributed by atoms with Crippen molar-refractivity contribution >= 4 is 27.6 Å². The fraction of sp³-hybridized carbons (Fsp3) is 0. The van der Waals surface area contributed by atoms with Crippen molar-refractivity contribution in [2.75, 3.05) is 5.73 Å². The lowest BCUT2D eigenvalue weighted by molar-refractivity contribution is 0.670. The number of anilines is 1. The molecule has 0 saturated carbocycles. The van der Waals surface area contributed by atoms with Crippen LogP contribution >= 0.6 is 0 Å². The maximum atomic E-state index is 9.02. The molecular formula is C36H25NO. The Morgan fingerprint density at radius 2 is 1.13 bits per heavy atom. The molecule has 0 amide bonds. The van der Waals surface area contributed by atoms with Crippen LogP contribution in [0.15, 0.2) is 144 Å². The number of nitrogen functional groups attached to an aromatic ring is 1. The largest absolute Gasteiger partial charge is 0.455 e. The second-order valence-electron chi connectivity index (χ2n) is 9.52. The first kappa shape index (κ1) is 21.0. The van der Waals surface area contributed by atoms with E-state index in [0.717, 1.165) is 55.3 Å². The van der Waals surface area contributed by atoms with Gasteiger partial charge >= 0.3 is 0 Å². The third-order valence-electron chi connectivity index (χ3n) is 7.16. The summed E-state index contributed by atoms with van der Waals surface area (Å²) >= 11 is 0. The molecule has 7 rings (SSSR count). The molecule has 1 heterocycles. The van der Waals surface area contributed by atoms with Crippen molar-refractivity contribution in [1.29, 1.82) is 0 Å². The smallest absolute Gasteiger partial charge is 0.143 e. The topological polar surface area (TPSA) is 39.2 Å². The summed E-state index contributed by atoms with van der Waals surface area (Å²) in [6.07, 6.45) is 0. The van der Waals surface area contributed by atoms with E-state index in [1.807, 2.05) is 60.7 Å². The summed E-state index contributed by atoms with van der Waals surface area (Å²) in [6.45, 7) is 0. The monoisotopic (exact) mass is 488 g/mol. The quantitative estimate of drug-likeness (QED) is 0.250. The zero-order chi connectivity index (χ0) is 26.3. The highest BCUT2D eigenvalue weighted by atomic mass is 16.3. The fourth-order valence-corrected chi connectivity index (χ4v) is 5.24. The van der Waals surface area contributed by atoms with Crippen molar-refractivity contribution in [3.05, 3.63) is 140 Å². The van der Waals surface area contributed by atoms with Gasteiger partial charge in [-0.05, 0) is 57.1 Å².